The molecule has 0 radical (unpaired) electrons. The van der Waals surface area contributed by atoms with E-state index in [1.54, 1.807) is 12.1 Å². The Bertz CT molecular complexity index is 480. The Kier molecular flexibility index (Phi) is 3.69. The molecule has 0 heterocycles. The maximum atomic E-state index is 13.0. The van der Waals surface area contributed by atoms with Crippen LogP contribution in [0.2, 0.25) is 0 Å². The summed E-state index contributed by atoms with van der Waals surface area (Å²) in [5, 5.41) is 3.57. The van der Waals surface area contributed by atoms with Gasteiger partial charge in [0.05, 0.1) is 0 Å². The first-order valence-corrected chi connectivity index (χ1v) is 7.36. The Labute approximate surface area is 114 Å². The fraction of sp³-hybridized carbons (Fsp3) is 0.529. The maximum Gasteiger partial charge on any atom is 0.123 e. The highest BCUT2D eigenvalue weighted by Gasteiger charge is 2.34. The second kappa shape index (κ2) is 5.46. The zero-order chi connectivity index (χ0) is 13.2. The van der Waals surface area contributed by atoms with Crippen molar-refractivity contribution in [1.82, 2.24) is 5.32 Å². The molecule has 2 heteroatoms. The van der Waals surface area contributed by atoms with Crippen molar-refractivity contribution in [2.75, 3.05) is 13.1 Å². The van der Waals surface area contributed by atoms with Crippen molar-refractivity contribution in [2.24, 2.45) is 17.8 Å². The highest BCUT2D eigenvalue weighted by Crippen LogP contribution is 2.42. The summed E-state index contributed by atoms with van der Waals surface area (Å²) in [5.41, 5.74) is 2.31. The number of hydrogen-bond acceptors (Lipinski definition) is 1. The topological polar surface area (TPSA) is 12.0 Å². The summed E-state index contributed by atoms with van der Waals surface area (Å²) in [6, 6.07) is 5.09. The minimum Gasteiger partial charge on any atom is -0.316 e. The zero-order valence-electron chi connectivity index (χ0n) is 11.5. The molecule has 1 N–H and O–H groups in total. The van der Waals surface area contributed by atoms with Gasteiger partial charge >= 0.3 is 0 Å². The molecule has 1 fully saturated rings. The van der Waals surface area contributed by atoms with E-state index >= 15 is 0 Å². The van der Waals surface area contributed by atoms with Crippen LogP contribution in [0.4, 0.5) is 4.39 Å². The molecular formula is C17H22FN. The predicted molar refractivity (Wildman–Crippen MR) is 76.6 cm³/mol. The molecule has 1 aromatic carbocycles. The number of fused-ring (bicyclic) bond motifs is 2. The van der Waals surface area contributed by atoms with Crippen LogP contribution in [0.3, 0.4) is 0 Å². The predicted octanol–water partition coefficient (Wildman–Crippen LogP) is 3.48. The SMILES string of the molecule is Cc1cc(F)ccc1CCNCC1CC2C=CC1C2. The molecule has 1 saturated carbocycles. The summed E-state index contributed by atoms with van der Waals surface area (Å²) in [4.78, 5) is 0. The van der Waals surface area contributed by atoms with Crippen LogP contribution in [0.1, 0.15) is 24.0 Å². The van der Waals surface area contributed by atoms with Gasteiger partial charge in [0.25, 0.3) is 0 Å². The van der Waals surface area contributed by atoms with Gasteiger partial charge < -0.3 is 5.32 Å². The van der Waals surface area contributed by atoms with Crippen molar-refractivity contribution in [1.29, 1.82) is 0 Å². The van der Waals surface area contributed by atoms with E-state index in [0.717, 1.165) is 42.8 Å². The highest BCUT2D eigenvalue weighted by molar-refractivity contribution is 5.26. The third kappa shape index (κ3) is 2.89. The Balaban J connectivity index is 1.42. The molecule has 0 aromatic heterocycles. The number of halogens is 1. The summed E-state index contributed by atoms with van der Waals surface area (Å²) in [7, 11) is 0. The number of allylic oxidation sites excluding steroid dienone is 2. The van der Waals surface area contributed by atoms with E-state index in [1.807, 2.05) is 13.0 Å². The van der Waals surface area contributed by atoms with E-state index in [1.165, 1.54) is 18.4 Å². The lowest BCUT2D eigenvalue weighted by atomic mass is 9.93. The molecule has 3 rings (SSSR count). The highest BCUT2D eigenvalue weighted by atomic mass is 19.1. The van der Waals surface area contributed by atoms with Crippen LogP contribution in [0.5, 0.6) is 0 Å². The van der Waals surface area contributed by atoms with Crippen molar-refractivity contribution < 1.29 is 4.39 Å². The van der Waals surface area contributed by atoms with Gasteiger partial charge in [-0.05, 0) is 80.3 Å². The van der Waals surface area contributed by atoms with Gasteiger partial charge in [0, 0.05) is 0 Å². The third-order valence-electron chi connectivity index (χ3n) is 4.70. The number of benzene rings is 1. The maximum absolute atomic E-state index is 13.0. The van der Waals surface area contributed by atoms with Crippen LogP contribution in [0, 0.1) is 30.5 Å². The summed E-state index contributed by atoms with van der Waals surface area (Å²) in [6.07, 6.45) is 8.53. The van der Waals surface area contributed by atoms with Crippen molar-refractivity contribution in [3.05, 3.63) is 47.3 Å². The Hall–Kier alpha value is -1.15. The van der Waals surface area contributed by atoms with Gasteiger partial charge in [-0.25, -0.2) is 4.39 Å². The normalized spacial score (nSPS) is 28.2. The average Bonchev–Trinajstić information content (AvgIpc) is 2.99. The zero-order valence-corrected chi connectivity index (χ0v) is 11.5. The molecule has 102 valence electrons. The van der Waals surface area contributed by atoms with Gasteiger partial charge in [0.1, 0.15) is 5.82 Å². The van der Waals surface area contributed by atoms with E-state index in [2.05, 4.69) is 17.5 Å². The lowest BCUT2D eigenvalue weighted by Gasteiger charge is -2.18. The number of hydrogen-bond donors (Lipinski definition) is 1. The largest absolute Gasteiger partial charge is 0.316 e. The van der Waals surface area contributed by atoms with E-state index in [-0.39, 0.29) is 5.82 Å². The second-order valence-electron chi connectivity index (χ2n) is 6.07. The van der Waals surface area contributed by atoms with Crippen molar-refractivity contribution in [2.45, 2.75) is 26.2 Å². The van der Waals surface area contributed by atoms with E-state index < -0.39 is 0 Å². The molecule has 0 saturated heterocycles. The molecule has 3 unspecified atom stereocenters. The molecule has 0 aliphatic heterocycles. The quantitative estimate of drug-likeness (QED) is 0.630. The molecule has 2 bridgehead atoms. The van der Waals surface area contributed by atoms with Crippen molar-refractivity contribution in [3.63, 3.8) is 0 Å². The van der Waals surface area contributed by atoms with Gasteiger partial charge in [-0.2, -0.15) is 0 Å². The summed E-state index contributed by atoms with van der Waals surface area (Å²) in [6.45, 7) is 4.11. The molecule has 0 amide bonds. The van der Waals surface area contributed by atoms with Crippen LogP contribution < -0.4 is 5.32 Å². The molecule has 1 nitrogen and oxygen atoms in total. The molecule has 2 aliphatic rings. The lowest BCUT2D eigenvalue weighted by Crippen LogP contribution is -2.27. The van der Waals surface area contributed by atoms with Crippen LogP contribution in [0.25, 0.3) is 0 Å². The van der Waals surface area contributed by atoms with Crippen molar-refractivity contribution >= 4 is 0 Å². The van der Waals surface area contributed by atoms with Gasteiger partial charge in [-0.3, -0.25) is 0 Å². The number of nitrogens with one attached hydrogen (secondary N) is 1. The minimum atomic E-state index is -0.136. The molecular weight excluding hydrogens is 237 g/mol. The number of aryl methyl sites for hydroxylation is 1. The van der Waals surface area contributed by atoms with E-state index in [9.17, 15) is 4.39 Å². The van der Waals surface area contributed by atoms with Crippen molar-refractivity contribution in [3.8, 4) is 0 Å². The third-order valence-corrected chi connectivity index (χ3v) is 4.70. The Morgan fingerprint density at radius 3 is 2.84 bits per heavy atom. The standard InChI is InChI=1S/C17H22FN/c1-12-8-17(18)5-4-14(12)6-7-19-11-16-10-13-2-3-15(16)9-13/h2-5,8,13,15-16,19H,6-7,9-11H2,1H3. The van der Waals surface area contributed by atoms with Gasteiger partial charge in [0.2, 0.25) is 0 Å². The number of rotatable bonds is 5. The van der Waals surface area contributed by atoms with E-state index in [4.69, 9.17) is 0 Å². The van der Waals surface area contributed by atoms with Gasteiger partial charge in [-0.1, -0.05) is 18.2 Å². The minimum absolute atomic E-state index is 0.136. The Morgan fingerprint density at radius 1 is 1.26 bits per heavy atom. The smallest absolute Gasteiger partial charge is 0.123 e. The first kappa shape index (κ1) is 12.9. The van der Waals surface area contributed by atoms with Gasteiger partial charge in [0.15, 0.2) is 0 Å². The van der Waals surface area contributed by atoms with Crippen LogP contribution in [-0.4, -0.2) is 13.1 Å². The molecule has 3 atom stereocenters. The van der Waals surface area contributed by atoms with Crippen LogP contribution in [-0.2, 0) is 6.42 Å². The fourth-order valence-electron chi connectivity index (χ4n) is 3.58. The molecule has 1 aromatic rings. The first-order valence-electron chi connectivity index (χ1n) is 7.36. The molecule has 19 heavy (non-hydrogen) atoms. The summed E-state index contributed by atoms with van der Waals surface area (Å²) in [5.74, 6) is 2.38. The van der Waals surface area contributed by atoms with Crippen LogP contribution >= 0.6 is 0 Å². The lowest BCUT2D eigenvalue weighted by molar-refractivity contribution is 0.416. The average molecular weight is 259 g/mol. The first-order chi connectivity index (χ1) is 9.22. The molecule has 0 spiro atoms. The second-order valence-corrected chi connectivity index (χ2v) is 6.07. The van der Waals surface area contributed by atoms with Gasteiger partial charge in [-0.15, -0.1) is 0 Å². The summed E-state index contributed by atoms with van der Waals surface area (Å²) >= 11 is 0. The summed E-state index contributed by atoms with van der Waals surface area (Å²) < 4.78 is 13.0. The molecule has 2 aliphatic carbocycles. The van der Waals surface area contributed by atoms with E-state index in [0.29, 0.717) is 0 Å². The van der Waals surface area contributed by atoms with Crippen LogP contribution in [0.15, 0.2) is 30.4 Å². The Morgan fingerprint density at radius 2 is 2.16 bits per heavy atom. The monoisotopic (exact) mass is 259 g/mol. The fourth-order valence-corrected chi connectivity index (χ4v) is 3.58.